The molecule has 1 atom stereocenters. The van der Waals surface area contributed by atoms with E-state index in [2.05, 4.69) is 16.5 Å². The van der Waals surface area contributed by atoms with E-state index < -0.39 is 11.9 Å². The van der Waals surface area contributed by atoms with Gasteiger partial charge in [-0.25, -0.2) is 0 Å². The summed E-state index contributed by atoms with van der Waals surface area (Å²) >= 11 is 0. The highest BCUT2D eigenvalue weighted by atomic mass is 16.2. The zero-order valence-corrected chi connectivity index (χ0v) is 17.6. The number of aromatic nitrogens is 3. The van der Waals surface area contributed by atoms with E-state index in [0.717, 1.165) is 27.9 Å². The van der Waals surface area contributed by atoms with Crippen LogP contribution in [0.15, 0.2) is 36.7 Å². The van der Waals surface area contributed by atoms with Gasteiger partial charge in [-0.2, -0.15) is 10.4 Å². The molecule has 1 unspecified atom stereocenters. The Morgan fingerprint density at radius 3 is 2.66 bits per heavy atom. The summed E-state index contributed by atoms with van der Waals surface area (Å²) in [6.07, 6.45) is 4.22. The topological polar surface area (TPSA) is 113 Å². The minimum absolute atomic E-state index is 0.200. The summed E-state index contributed by atoms with van der Waals surface area (Å²) in [7, 11) is 3.67. The largest absolute Gasteiger partial charge is 0.342 e. The predicted molar refractivity (Wildman–Crippen MR) is 114 cm³/mol. The highest BCUT2D eigenvalue weighted by Crippen LogP contribution is 2.36. The number of nitrogens with one attached hydrogen (secondary N) is 1. The number of nitrogens with zero attached hydrogens (tertiary/aromatic N) is 5. The maximum Gasteiger partial charge on any atom is 0.255 e. The Hall–Kier alpha value is -4.19. The molecule has 0 bridgehead atoms. The molecule has 32 heavy (non-hydrogen) atoms. The van der Waals surface area contributed by atoms with Gasteiger partial charge in [0.05, 0.1) is 11.9 Å². The third kappa shape index (κ3) is 3.00. The van der Waals surface area contributed by atoms with Crippen molar-refractivity contribution in [3.8, 4) is 28.5 Å². The van der Waals surface area contributed by atoms with Gasteiger partial charge in [-0.1, -0.05) is 6.07 Å². The van der Waals surface area contributed by atoms with Crippen molar-refractivity contribution in [1.29, 1.82) is 5.26 Å². The van der Waals surface area contributed by atoms with Crippen molar-refractivity contribution in [3.05, 3.63) is 53.5 Å². The normalized spacial score (nSPS) is 18.0. The SMILES string of the molecule is Cn1cc(-c2c(-c3ccc4c(c3)CN(C3CCC(=O)NC3=O)C4=O)cnn2C)cc1C#N. The summed E-state index contributed by atoms with van der Waals surface area (Å²) in [6.45, 7) is 0.313. The maximum atomic E-state index is 12.9. The fraction of sp³-hybridized carbons (Fsp3) is 0.261. The Morgan fingerprint density at radius 1 is 1.12 bits per heavy atom. The van der Waals surface area contributed by atoms with Gasteiger partial charge in [0, 0.05) is 49.9 Å². The Labute approximate surface area is 183 Å². The quantitative estimate of drug-likeness (QED) is 0.639. The molecule has 1 saturated heterocycles. The molecule has 0 radical (unpaired) electrons. The van der Waals surface area contributed by atoms with Crippen LogP contribution in [0, 0.1) is 11.3 Å². The van der Waals surface area contributed by atoms with Crippen LogP contribution in [-0.2, 0) is 30.2 Å². The lowest BCUT2D eigenvalue weighted by Gasteiger charge is -2.29. The number of amides is 3. The predicted octanol–water partition coefficient (Wildman–Crippen LogP) is 1.73. The minimum atomic E-state index is -0.640. The molecule has 160 valence electrons. The molecular formula is C23H20N6O3. The molecule has 0 saturated carbocycles. The van der Waals surface area contributed by atoms with E-state index in [0.29, 0.717) is 24.2 Å². The van der Waals surface area contributed by atoms with Crippen LogP contribution in [0.25, 0.3) is 22.4 Å². The number of hydrogen-bond donors (Lipinski definition) is 1. The molecule has 2 aromatic heterocycles. The molecule has 4 heterocycles. The first-order chi connectivity index (χ1) is 15.4. The van der Waals surface area contributed by atoms with E-state index in [-0.39, 0.29) is 18.2 Å². The average Bonchev–Trinajstić information content (AvgIpc) is 3.42. The standard InChI is InChI=1S/C23H20N6O3/c1-27-11-15(8-16(27)9-24)21-18(10-25-28(21)2)13-3-4-17-14(7-13)12-29(23(17)32)19-5-6-20(30)26-22(19)31/h3-4,7-8,10-11,19H,5-6,12H2,1-2H3,(H,26,30,31). The lowest BCUT2D eigenvalue weighted by atomic mass is 9.99. The molecule has 2 aliphatic heterocycles. The Bertz CT molecular complexity index is 1340. The Balaban J connectivity index is 1.50. The number of carbonyl (C=O) groups excluding carboxylic acids is 3. The highest BCUT2D eigenvalue weighted by molar-refractivity contribution is 6.05. The van der Waals surface area contributed by atoms with E-state index in [4.69, 9.17) is 0 Å². The first kappa shape index (κ1) is 19.8. The molecule has 5 rings (SSSR count). The molecule has 3 amide bonds. The summed E-state index contributed by atoms with van der Waals surface area (Å²) in [6, 6.07) is 8.96. The second-order valence-electron chi connectivity index (χ2n) is 8.14. The zero-order chi connectivity index (χ0) is 22.6. The molecular weight excluding hydrogens is 408 g/mol. The van der Waals surface area contributed by atoms with Crippen LogP contribution in [-0.4, -0.2) is 43.0 Å². The van der Waals surface area contributed by atoms with Gasteiger partial charge in [-0.3, -0.25) is 24.4 Å². The van der Waals surface area contributed by atoms with E-state index >= 15 is 0 Å². The summed E-state index contributed by atoms with van der Waals surface area (Å²) in [4.78, 5) is 38.2. The minimum Gasteiger partial charge on any atom is -0.342 e. The number of imide groups is 1. The number of nitriles is 1. The van der Waals surface area contributed by atoms with Crippen LogP contribution in [0.3, 0.4) is 0 Å². The molecule has 9 nitrogen and oxygen atoms in total. The summed E-state index contributed by atoms with van der Waals surface area (Å²) < 4.78 is 3.53. The van der Waals surface area contributed by atoms with Gasteiger partial charge >= 0.3 is 0 Å². The fourth-order valence-electron chi connectivity index (χ4n) is 4.54. The first-order valence-corrected chi connectivity index (χ1v) is 10.2. The summed E-state index contributed by atoms with van der Waals surface area (Å²) in [5, 5.41) is 16.0. The number of aryl methyl sites for hydroxylation is 2. The van der Waals surface area contributed by atoms with Crippen molar-refractivity contribution in [1.82, 2.24) is 24.6 Å². The van der Waals surface area contributed by atoms with Crippen molar-refractivity contribution >= 4 is 17.7 Å². The average molecular weight is 428 g/mol. The molecule has 1 aromatic carbocycles. The lowest BCUT2D eigenvalue weighted by molar-refractivity contribution is -0.136. The number of benzene rings is 1. The Morgan fingerprint density at radius 2 is 1.94 bits per heavy atom. The third-order valence-electron chi connectivity index (χ3n) is 6.17. The smallest absolute Gasteiger partial charge is 0.255 e. The first-order valence-electron chi connectivity index (χ1n) is 10.2. The van der Waals surface area contributed by atoms with Crippen LogP contribution < -0.4 is 5.32 Å². The van der Waals surface area contributed by atoms with E-state index in [1.165, 1.54) is 4.90 Å². The van der Waals surface area contributed by atoms with Gasteiger partial charge < -0.3 is 9.47 Å². The van der Waals surface area contributed by atoms with Gasteiger partial charge in [0.15, 0.2) is 0 Å². The molecule has 0 spiro atoms. The van der Waals surface area contributed by atoms with Gasteiger partial charge in [0.2, 0.25) is 11.8 Å². The number of fused-ring (bicyclic) bond motifs is 1. The second-order valence-corrected chi connectivity index (χ2v) is 8.14. The maximum absolute atomic E-state index is 12.9. The van der Waals surface area contributed by atoms with Crippen LogP contribution in [0.2, 0.25) is 0 Å². The molecule has 1 fully saturated rings. The van der Waals surface area contributed by atoms with Crippen LogP contribution in [0.4, 0.5) is 0 Å². The van der Waals surface area contributed by atoms with Gasteiger partial charge in [0.25, 0.3) is 5.91 Å². The fourth-order valence-corrected chi connectivity index (χ4v) is 4.54. The molecule has 0 aliphatic carbocycles. The van der Waals surface area contributed by atoms with Gasteiger partial charge in [-0.05, 0) is 35.7 Å². The van der Waals surface area contributed by atoms with E-state index in [1.54, 1.807) is 21.5 Å². The van der Waals surface area contributed by atoms with Crippen molar-refractivity contribution in [2.24, 2.45) is 14.1 Å². The van der Waals surface area contributed by atoms with Crippen molar-refractivity contribution < 1.29 is 14.4 Å². The lowest BCUT2D eigenvalue weighted by Crippen LogP contribution is -2.52. The highest BCUT2D eigenvalue weighted by Gasteiger charge is 2.39. The number of hydrogen-bond acceptors (Lipinski definition) is 5. The van der Waals surface area contributed by atoms with Gasteiger partial charge in [0.1, 0.15) is 17.8 Å². The molecule has 9 heteroatoms. The van der Waals surface area contributed by atoms with Crippen molar-refractivity contribution in [3.63, 3.8) is 0 Å². The van der Waals surface area contributed by atoms with Gasteiger partial charge in [-0.15, -0.1) is 0 Å². The second kappa shape index (κ2) is 7.20. The van der Waals surface area contributed by atoms with Crippen molar-refractivity contribution in [2.75, 3.05) is 0 Å². The van der Waals surface area contributed by atoms with E-state index in [9.17, 15) is 19.6 Å². The monoisotopic (exact) mass is 428 g/mol. The number of piperidine rings is 1. The third-order valence-corrected chi connectivity index (χ3v) is 6.17. The van der Waals surface area contributed by atoms with Crippen molar-refractivity contribution in [2.45, 2.75) is 25.4 Å². The van der Waals surface area contributed by atoms with Crippen LogP contribution in [0.1, 0.15) is 34.5 Å². The molecule has 2 aliphatic rings. The van der Waals surface area contributed by atoms with Crippen LogP contribution >= 0.6 is 0 Å². The molecule has 1 N–H and O–H groups in total. The van der Waals surface area contributed by atoms with E-state index in [1.807, 2.05) is 38.5 Å². The molecule has 3 aromatic rings. The Kier molecular flexibility index (Phi) is 4.44. The number of rotatable bonds is 3. The summed E-state index contributed by atoms with van der Waals surface area (Å²) in [5.41, 5.74) is 5.47. The van der Waals surface area contributed by atoms with Crippen LogP contribution in [0.5, 0.6) is 0 Å². The zero-order valence-electron chi connectivity index (χ0n) is 17.6. The number of carbonyl (C=O) groups is 3. The summed E-state index contributed by atoms with van der Waals surface area (Å²) in [5.74, 6) is -0.925.